The topological polar surface area (TPSA) is 54.9 Å². The molecule has 3 rings (SSSR count). The van der Waals surface area contributed by atoms with Crippen LogP contribution in [0.3, 0.4) is 0 Å². The number of anilines is 1. The molecule has 24 heavy (non-hydrogen) atoms. The average Bonchev–Trinajstić information content (AvgIpc) is 2.98. The van der Waals surface area contributed by atoms with Crippen molar-refractivity contribution in [3.63, 3.8) is 0 Å². The first-order chi connectivity index (χ1) is 11.5. The summed E-state index contributed by atoms with van der Waals surface area (Å²) in [5.74, 6) is -1.87. The van der Waals surface area contributed by atoms with Gasteiger partial charge in [0.2, 0.25) is 5.91 Å². The van der Waals surface area contributed by atoms with Crippen molar-refractivity contribution in [2.24, 2.45) is 0 Å². The van der Waals surface area contributed by atoms with E-state index in [1.807, 2.05) is 0 Å². The van der Waals surface area contributed by atoms with Crippen LogP contribution in [0.15, 0.2) is 41.9 Å². The van der Waals surface area contributed by atoms with Gasteiger partial charge in [-0.25, -0.2) is 18.7 Å². The molecule has 1 amide bonds. The van der Waals surface area contributed by atoms with E-state index in [2.05, 4.69) is 15.3 Å². The molecule has 122 valence electrons. The van der Waals surface area contributed by atoms with E-state index >= 15 is 0 Å². The van der Waals surface area contributed by atoms with E-state index in [9.17, 15) is 13.6 Å². The second-order valence-corrected chi connectivity index (χ2v) is 6.11. The van der Waals surface area contributed by atoms with Gasteiger partial charge in [0, 0.05) is 23.2 Å². The highest BCUT2D eigenvalue weighted by molar-refractivity contribution is 7.14. The summed E-state index contributed by atoms with van der Waals surface area (Å²) in [6, 6.07) is 6.52. The molecule has 2 aromatic heterocycles. The van der Waals surface area contributed by atoms with Gasteiger partial charge in [0.15, 0.2) is 5.13 Å². The Morgan fingerprint density at radius 1 is 1.25 bits per heavy atom. The molecule has 2 heterocycles. The minimum Gasteiger partial charge on any atom is -0.302 e. The summed E-state index contributed by atoms with van der Waals surface area (Å²) in [6.07, 6.45) is 1.36. The zero-order chi connectivity index (χ0) is 17.1. The molecule has 0 aliphatic carbocycles. The number of hydrogen-bond acceptors (Lipinski definition) is 4. The molecule has 0 spiro atoms. The number of hydrogen-bond donors (Lipinski definition) is 1. The van der Waals surface area contributed by atoms with Crippen LogP contribution in [0, 0.1) is 11.6 Å². The Labute approximate surface area is 145 Å². The molecule has 4 nitrogen and oxygen atoms in total. The van der Waals surface area contributed by atoms with Gasteiger partial charge in [0.1, 0.15) is 16.8 Å². The van der Waals surface area contributed by atoms with E-state index in [0.717, 1.165) is 17.7 Å². The zero-order valence-electron chi connectivity index (χ0n) is 12.1. The van der Waals surface area contributed by atoms with Gasteiger partial charge in [-0.1, -0.05) is 17.7 Å². The minimum absolute atomic E-state index is 0.117. The van der Waals surface area contributed by atoms with Crippen LogP contribution < -0.4 is 5.32 Å². The first-order valence-electron chi connectivity index (χ1n) is 6.82. The number of thiazole rings is 1. The third kappa shape index (κ3) is 3.93. The molecule has 0 radical (unpaired) electrons. The molecule has 0 bridgehead atoms. The molecule has 1 aromatic carbocycles. The summed E-state index contributed by atoms with van der Waals surface area (Å²) in [4.78, 5) is 20.2. The second kappa shape index (κ2) is 7.02. The summed E-state index contributed by atoms with van der Waals surface area (Å²) >= 11 is 7.07. The largest absolute Gasteiger partial charge is 0.302 e. The third-order valence-corrected chi connectivity index (χ3v) is 4.10. The van der Waals surface area contributed by atoms with Crippen molar-refractivity contribution in [1.29, 1.82) is 0 Å². The van der Waals surface area contributed by atoms with Crippen molar-refractivity contribution in [3.8, 4) is 11.3 Å². The van der Waals surface area contributed by atoms with Crippen molar-refractivity contribution in [1.82, 2.24) is 9.97 Å². The van der Waals surface area contributed by atoms with Crippen molar-refractivity contribution in [2.45, 2.75) is 6.42 Å². The fourth-order valence-corrected chi connectivity index (χ4v) is 2.94. The van der Waals surface area contributed by atoms with Crippen LogP contribution in [0.1, 0.15) is 5.56 Å². The predicted molar refractivity (Wildman–Crippen MR) is 89.0 cm³/mol. The molecular formula is C16H10ClF2N3OS. The number of nitrogens with one attached hydrogen (secondary N) is 1. The molecular weight excluding hydrogens is 356 g/mol. The molecule has 0 unspecified atom stereocenters. The van der Waals surface area contributed by atoms with Gasteiger partial charge in [-0.05, 0) is 23.8 Å². The average molecular weight is 366 g/mol. The fraction of sp³-hybridized carbons (Fsp3) is 0.0625. The Bertz CT molecular complexity index is 901. The number of carbonyl (C=O) groups is 1. The van der Waals surface area contributed by atoms with Crippen molar-refractivity contribution in [3.05, 3.63) is 64.3 Å². The maximum absolute atomic E-state index is 13.6. The lowest BCUT2D eigenvalue weighted by atomic mass is 10.1. The normalized spacial score (nSPS) is 10.6. The summed E-state index contributed by atoms with van der Waals surface area (Å²) in [6.45, 7) is 0. The monoisotopic (exact) mass is 365 g/mol. The number of rotatable bonds is 4. The lowest BCUT2D eigenvalue weighted by molar-refractivity contribution is -0.115. The molecule has 0 aliphatic heterocycles. The first kappa shape index (κ1) is 16.5. The first-order valence-corrected chi connectivity index (χ1v) is 8.08. The van der Waals surface area contributed by atoms with Crippen LogP contribution in [0.25, 0.3) is 11.3 Å². The molecule has 3 aromatic rings. The van der Waals surface area contributed by atoms with E-state index in [1.165, 1.54) is 17.4 Å². The molecule has 0 fully saturated rings. The van der Waals surface area contributed by atoms with Gasteiger partial charge in [-0.15, -0.1) is 11.3 Å². The van der Waals surface area contributed by atoms with Crippen LogP contribution >= 0.6 is 22.9 Å². The number of benzene rings is 1. The van der Waals surface area contributed by atoms with Crippen molar-refractivity contribution in [2.75, 3.05) is 5.32 Å². The highest BCUT2D eigenvalue weighted by Crippen LogP contribution is 2.26. The Morgan fingerprint density at radius 2 is 2.08 bits per heavy atom. The summed E-state index contributed by atoms with van der Waals surface area (Å²) in [5.41, 5.74) is 1.54. The maximum atomic E-state index is 13.6. The number of pyridine rings is 1. The third-order valence-electron chi connectivity index (χ3n) is 3.14. The van der Waals surface area contributed by atoms with E-state index < -0.39 is 17.5 Å². The summed E-state index contributed by atoms with van der Waals surface area (Å²) in [7, 11) is 0. The molecule has 0 saturated heterocycles. The van der Waals surface area contributed by atoms with E-state index in [1.54, 1.807) is 23.7 Å². The van der Waals surface area contributed by atoms with Crippen molar-refractivity contribution < 1.29 is 13.6 Å². The van der Waals surface area contributed by atoms with Gasteiger partial charge in [0.25, 0.3) is 0 Å². The van der Waals surface area contributed by atoms with Crippen LogP contribution in [0.4, 0.5) is 13.9 Å². The van der Waals surface area contributed by atoms with Crippen molar-refractivity contribution >= 4 is 34.0 Å². The summed E-state index contributed by atoms with van der Waals surface area (Å²) in [5, 5.41) is 5.09. The Kier molecular flexibility index (Phi) is 4.82. The number of amides is 1. The lowest BCUT2D eigenvalue weighted by Gasteiger charge is -2.03. The molecule has 0 atom stereocenters. The second-order valence-electron chi connectivity index (χ2n) is 4.87. The van der Waals surface area contributed by atoms with Gasteiger partial charge in [-0.3, -0.25) is 4.79 Å². The smallest absolute Gasteiger partial charge is 0.230 e. The van der Waals surface area contributed by atoms with Crippen LogP contribution in [-0.2, 0) is 11.2 Å². The standard InChI is InChI=1S/C16H10ClF2N3OS/c17-14-5-10(3-4-20-14)13-8-24-16(21-13)22-15(23)6-9-1-2-11(18)7-12(9)19/h1-5,7-8H,6H2,(H,21,22,23). The highest BCUT2D eigenvalue weighted by atomic mass is 35.5. The van der Waals surface area contributed by atoms with E-state index in [-0.39, 0.29) is 12.0 Å². The predicted octanol–water partition coefficient (Wildman–Crippen LogP) is 4.32. The van der Waals surface area contributed by atoms with Gasteiger partial charge in [0.05, 0.1) is 12.1 Å². The zero-order valence-corrected chi connectivity index (χ0v) is 13.7. The SMILES string of the molecule is O=C(Cc1ccc(F)cc1F)Nc1nc(-c2ccnc(Cl)c2)cs1. The Morgan fingerprint density at radius 3 is 2.83 bits per heavy atom. The van der Waals surface area contributed by atoms with Crippen LogP contribution in [0.2, 0.25) is 5.15 Å². The molecule has 1 N–H and O–H groups in total. The molecule has 0 aliphatic rings. The fourth-order valence-electron chi connectivity index (χ4n) is 2.03. The molecule has 8 heteroatoms. The van der Waals surface area contributed by atoms with E-state index in [4.69, 9.17) is 11.6 Å². The maximum Gasteiger partial charge on any atom is 0.230 e. The number of halogens is 3. The number of aromatic nitrogens is 2. The quantitative estimate of drug-likeness (QED) is 0.700. The Balaban J connectivity index is 1.69. The Hall–Kier alpha value is -2.38. The highest BCUT2D eigenvalue weighted by Gasteiger charge is 2.12. The van der Waals surface area contributed by atoms with E-state index in [0.29, 0.717) is 16.0 Å². The number of carbonyl (C=O) groups excluding carboxylic acids is 1. The van der Waals surface area contributed by atoms with Gasteiger partial charge < -0.3 is 5.32 Å². The van der Waals surface area contributed by atoms with Gasteiger partial charge in [-0.2, -0.15) is 0 Å². The van der Waals surface area contributed by atoms with Crippen LogP contribution in [-0.4, -0.2) is 15.9 Å². The minimum atomic E-state index is -0.753. The number of nitrogens with zero attached hydrogens (tertiary/aromatic N) is 2. The summed E-state index contributed by atoms with van der Waals surface area (Å²) < 4.78 is 26.4. The molecule has 0 saturated carbocycles. The van der Waals surface area contributed by atoms with Crippen LogP contribution in [0.5, 0.6) is 0 Å². The van der Waals surface area contributed by atoms with Gasteiger partial charge >= 0.3 is 0 Å². The lowest BCUT2D eigenvalue weighted by Crippen LogP contribution is -2.15.